The van der Waals surface area contributed by atoms with Gasteiger partial charge in [0.15, 0.2) is 0 Å². The minimum absolute atomic E-state index is 0.00437. The number of nitrogens with zero attached hydrogens (tertiary/aromatic N) is 3. The topological polar surface area (TPSA) is 60.9 Å². The number of halogens is 4. The van der Waals surface area contributed by atoms with Crippen LogP contribution in [0.25, 0.3) is 0 Å². The number of amides is 1. The van der Waals surface area contributed by atoms with Crippen molar-refractivity contribution >= 4 is 56.4 Å². The van der Waals surface area contributed by atoms with E-state index >= 15 is 0 Å². The molecule has 0 aromatic heterocycles. The van der Waals surface area contributed by atoms with Gasteiger partial charge in [-0.05, 0) is 54.6 Å². The molecule has 0 unspecified atom stereocenters. The molecule has 190 valence electrons. The third-order valence-electron chi connectivity index (χ3n) is 5.96. The molecule has 1 fully saturated rings. The van der Waals surface area contributed by atoms with Crippen molar-refractivity contribution in [3.63, 3.8) is 0 Å². The van der Waals surface area contributed by atoms with Gasteiger partial charge in [-0.25, -0.2) is 12.8 Å². The first-order chi connectivity index (χ1) is 17.1. The highest BCUT2D eigenvalue weighted by Crippen LogP contribution is 2.26. The van der Waals surface area contributed by atoms with E-state index in [0.29, 0.717) is 36.2 Å². The summed E-state index contributed by atoms with van der Waals surface area (Å²) in [6.07, 6.45) is 0. The van der Waals surface area contributed by atoms with E-state index < -0.39 is 28.9 Å². The molecule has 1 aliphatic rings. The number of piperazine rings is 1. The number of sulfonamides is 1. The van der Waals surface area contributed by atoms with Crippen molar-refractivity contribution in [1.29, 1.82) is 0 Å². The SMILES string of the molecule is O=C(CN(Cc1c(F)cccc1Cl)S(=O)(=O)c1ccc(Cl)cc1)N1CCN(c2cccc(Cl)c2)CC1. The third kappa shape index (κ3) is 6.12. The molecule has 0 spiro atoms. The Balaban J connectivity index is 1.54. The fourth-order valence-corrected chi connectivity index (χ4v) is 5.87. The van der Waals surface area contributed by atoms with E-state index in [4.69, 9.17) is 34.8 Å². The highest BCUT2D eigenvalue weighted by atomic mass is 35.5. The van der Waals surface area contributed by atoms with Crippen LogP contribution in [0.15, 0.2) is 71.6 Å². The smallest absolute Gasteiger partial charge is 0.243 e. The summed E-state index contributed by atoms with van der Waals surface area (Å²) in [6, 6.07) is 17.2. The van der Waals surface area contributed by atoms with Gasteiger partial charge in [0.05, 0.1) is 11.4 Å². The van der Waals surface area contributed by atoms with Gasteiger partial charge in [0, 0.05) is 59.0 Å². The lowest BCUT2D eigenvalue weighted by Crippen LogP contribution is -2.51. The summed E-state index contributed by atoms with van der Waals surface area (Å²) in [6.45, 7) is 1.07. The van der Waals surface area contributed by atoms with Crippen molar-refractivity contribution < 1.29 is 17.6 Å². The zero-order chi connectivity index (χ0) is 25.9. The Morgan fingerprint density at radius 1 is 0.889 bits per heavy atom. The second kappa shape index (κ2) is 11.4. The Labute approximate surface area is 224 Å². The van der Waals surface area contributed by atoms with Gasteiger partial charge in [0.2, 0.25) is 15.9 Å². The van der Waals surface area contributed by atoms with Crippen LogP contribution in [0, 0.1) is 5.82 Å². The molecular weight excluding hydrogens is 548 g/mol. The monoisotopic (exact) mass is 569 g/mol. The van der Waals surface area contributed by atoms with E-state index in [1.165, 1.54) is 42.5 Å². The Bertz CT molecular complexity index is 1330. The average molecular weight is 571 g/mol. The molecule has 1 aliphatic heterocycles. The van der Waals surface area contributed by atoms with Crippen LogP contribution in [-0.4, -0.2) is 56.3 Å². The van der Waals surface area contributed by atoms with Gasteiger partial charge >= 0.3 is 0 Å². The summed E-state index contributed by atoms with van der Waals surface area (Å²) in [7, 11) is -4.16. The van der Waals surface area contributed by atoms with E-state index in [2.05, 4.69) is 4.90 Å². The predicted molar refractivity (Wildman–Crippen MR) is 141 cm³/mol. The lowest BCUT2D eigenvalue weighted by molar-refractivity contribution is -0.131. The number of carbonyl (C=O) groups is 1. The second-order valence-electron chi connectivity index (χ2n) is 8.27. The Morgan fingerprint density at radius 3 is 2.19 bits per heavy atom. The number of hydrogen-bond acceptors (Lipinski definition) is 4. The van der Waals surface area contributed by atoms with Crippen molar-refractivity contribution in [3.8, 4) is 0 Å². The first kappa shape index (κ1) is 26.7. The molecule has 0 bridgehead atoms. The highest BCUT2D eigenvalue weighted by Gasteiger charge is 2.31. The molecule has 0 aliphatic carbocycles. The molecule has 1 saturated heterocycles. The molecule has 4 rings (SSSR count). The summed E-state index contributed by atoms with van der Waals surface area (Å²) in [5, 5.41) is 1.07. The fraction of sp³-hybridized carbons (Fsp3) is 0.240. The van der Waals surface area contributed by atoms with Gasteiger partial charge in [-0.2, -0.15) is 4.31 Å². The van der Waals surface area contributed by atoms with Crippen LogP contribution in [0.2, 0.25) is 15.1 Å². The minimum Gasteiger partial charge on any atom is -0.368 e. The van der Waals surface area contributed by atoms with E-state index in [9.17, 15) is 17.6 Å². The van der Waals surface area contributed by atoms with Gasteiger partial charge < -0.3 is 9.80 Å². The zero-order valence-corrected chi connectivity index (χ0v) is 22.2. The Morgan fingerprint density at radius 2 is 1.56 bits per heavy atom. The van der Waals surface area contributed by atoms with Gasteiger partial charge in [-0.3, -0.25) is 4.79 Å². The standard InChI is InChI=1S/C25H23Cl3FN3O3S/c26-18-7-9-21(10-8-18)36(34,35)32(16-22-23(28)5-2-6-24(22)29)17-25(33)31-13-11-30(12-14-31)20-4-1-3-19(27)15-20/h1-10,15H,11-14,16-17H2. The van der Waals surface area contributed by atoms with Gasteiger partial charge in [-0.15, -0.1) is 0 Å². The molecular formula is C25H23Cl3FN3O3S. The van der Waals surface area contributed by atoms with Crippen LogP contribution < -0.4 is 4.90 Å². The van der Waals surface area contributed by atoms with E-state index in [1.807, 2.05) is 18.2 Å². The maximum absolute atomic E-state index is 14.5. The quantitative estimate of drug-likeness (QED) is 0.386. The van der Waals surface area contributed by atoms with Crippen LogP contribution in [0.4, 0.5) is 10.1 Å². The second-order valence-corrected chi connectivity index (χ2v) is 11.5. The van der Waals surface area contributed by atoms with E-state index in [0.717, 1.165) is 9.99 Å². The van der Waals surface area contributed by atoms with Crippen molar-refractivity contribution in [2.45, 2.75) is 11.4 Å². The fourth-order valence-electron chi connectivity index (χ4n) is 3.98. The van der Waals surface area contributed by atoms with Crippen LogP contribution in [0.3, 0.4) is 0 Å². The zero-order valence-electron chi connectivity index (χ0n) is 19.1. The van der Waals surface area contributed by atoms with Crippen molar-refractivity contribution in [2.24, 2.45) is 0 Å². The molecule has 3 aromatic carbocycles. The summed E-state index contributed by atoms with van der Waals surface area (Å²) in [4.78, 5) is 16.9. The third-order valence-corrected chi connectivity index (χ3v) is 8.61. The highest BCUT2D eigenvalue weighted by molar-refractivity contribution is 7.89. The first-order valence-electron chi connectivity index (χ1n) is 11.1. The van der Waals surface area contributed by atoms with Crippen LogP contribution in [0.1, 0.15) is 5.56 Å². The summed E-state index contributed by atoms with van der Waals surface area (Å²) in [5.74, 6) is -1.04. The maximum Gasteiger partial charge on any atom is 0.243 e. The van der Waals surface area contributed by atoms with E-state index in [1.54, 1.807) is 11.0 Å². The van der Waals surface area contributed by atoms with Crippen molar-refractivity contribution in [1.82, 2.24) is 9.21 Å². The van der Waals surface area contributed by atoms with E-state index in [-0.39, 0.29) is 21.4 Å². The number of hydrogen-bond donors (Lipinski definition) is 0. The molecule has 6 nitrogen and oxygen atoms in total. The Kier molecular flexibility index (Phi) is 8.42. The molecule has 11 heteroatoms. The number of rotatable bonds is 7. The lowest BCUT2D eigenvalue weighted by Gasteiger charge is -2.37. The summed E-state index contributed by atoms with van der Waals surface area (Å²) < 4.78 is 42.5. The molecule has 0 atom stereocenters. The molecule has 1 heterocycles. The predicted octanol–water partition coefficient (Wildman–Crippen LogP) is 5.33. The largest absolute Gasteiger partial charge is 0.368 e. The van der Waals surface area contributed by atoms with Crippen LogP contribution >= 0.6 is 34.8 Å². The van der Waals surface area contributed by atoms with Crippen LogP contribution in [0.5, 0.6) is 0 Å². The molecule has 1 amide bonds. The lowest BCUT2D eigenvalue weighted by atomic mass is 10.2. The van der Waals surface area contributed by atoms with Crippen molar-refractivity contribution in [2.75, 3.05) is 37.6 Å². The number of anilines is 1. The molecule has 0 radical (unpaired) electrons. The number of carbonyl (C=O) groups excluding carboxylic acids is 1. The van der Waals surface area contributed by atoms with Gasteiger partial charge in [0.25, 0.3) is 0 Å². The molecule has 36 heavy (non-hydrogen) atoms. The first-order valence-corrected chi connectivity index (χ1v) is 13.7. The van der Waals surface area contributed by atoms with Crippen LogP contribution in [-0.2, 0) is 21.4 Å². The maximum atomic E-state index is 14.5. The van der Waals surface area contributed by atoms with Gasteiger partial charge in [-0.1, -0.05) is 46.9 Å². The number of benzene rings is 3. The summed E-state index contributed by atoms with van der Waals surface area (Å²) >= 11 is 18.2. The average Bonchev–Trinajstić information content (AvgIpc) is 2.86. The normalized spacial score (nSPS) is 14.4. The molecule has 3 aromatic rings. The molecule has 0 saturated carbocycles. The Hall–Kier alpha value is -2.36. The minimum atomic E-state index is -4.16. The molecule has 0 N–H and O–H groups in total. The summed E-state index contributed by atoms with van der Waals surface area (Å²) in [5.41, 5.74) is 0.950. The van der Waals surface area contributed by atoms with Gasteiger partial charge in [0.1, 0.15) is 5.82 Å². The van der Waals surface area contributed by atoms with Crippen molar-refractivity contribution in [3.05, 3.63) is 93.2 Å².